The van der Waals surface area contributed by atoms with E-state index in [-0.39, 0.29) is 10.8 Å². The van der Waals surface area contributed by atoms with Gasteiger partial charge in [-0.05, 0) is 55.2 Å². The van der Waals surface area contributed by atoms with E-state index >= 15 is 0 Å². The highest BCUT2D eigenvalue weighted by atomic mass is 32.2. The number of rotatable bonds is 6. The summed E-state index contributed by atoms with van der Waals surface area (Å²) in [6.45, 7) is 3.20. The van der Waals surface area contributed by atoms with Gasteiger partial charge in [0.1, 0.15) is 5.76 Å². The van der Waals surface area contributed by atoms with Crippen LogP contribution >= 0.6 is 0 Å². The summed E-state index contributed by atoms with van der Waals surface area (Å²) < 4.78 is 32.2. The van der Waals surface area contributed by atoms with Crippen molar-refractivity contribution in [2.75, 3.05) is 18.4 Å². The number of furan rings is 1. The largest absolute Gasteiger partial charge is 0.469 e. The maximum absolute atomic E-state index is 12.7. The monoisotopic (exact) mass is 376 g/mol. The second kappa shape index (κ2) is 8.05. The van der Waals surface area contributed by atoms with Crippen LogP contribution in [0.3, 0.4) is 0 Å². The summed E-state index contributed by atoms with van der Waals surface area (Å²) >= 11 is 0. The standard InChI is InChI=1S/C19H24N2O4S/c1-15-4-2-12-21(14-15)26(23,24)18-9-6-16(7-10-18)20-19(22)11-8-17-5-3-13-25-17/h3,5-7,9-10,13,15H,2,4,8,11-12,14H2,1H3,(H,20,22). The van der Waals surface area contributed by atoms with Crippen molar-refractivity contribution in [3.63, 3.8) is 0 Å². The van der Waals surface area contributed by atoms with Crippen molar-refractivity contribution < 1.29 is 17.6 Å². The lowest BCUT2D eigenvalue weighted by atomic mass is 10.0. The lowest BCUT2D eigenvalue weighted by Crippen LogP contribution is -2.39. The number of carbonyl (C=O) groups is 1. The summed E-state index contributed by atoms with van der Waals surface area (Å²) in [5.41, 5.74) is 0.584. The average molecular weight is 376 g/mol. The molecular weight excluding hydrogens is 352 g/mol. The number of sulfonamides is 1. The molecule has 1 atom stereocenters. The van der Waals surface area contributed by atoms with Gasteiger partial charge in [-0.3, -0.25) is 4.79 Å². The van der Waals surface area contributed by atoms with Gasteiger partial charge in [0.25, 0.3) is 0 Å². The minimum Gasteiger partial charge on any atom is -0.469 e. The molecule has 7 heteroatoms. The molecule has 1 fully saturated rings. The third-order valence-electron chi connectivity index (χ3n) is 4.57. The average Bonchev–Trinajstić information content (AvgIpc) is 3.14. The van der Waals surface area contributed by atoms with Crippen LogP contribution in [0, 0.1) is 5.92 Å². The molecule has 1 aliphatic heterocycles. The number of hydrogen-bond acceptors (Lipinski definition) is 4. The molecule has 1 aromatic carbocycles. The molecule has 3 rings (SSSR count). The molecule has 1 amide bonds. The minimum atomic E-state index is -3.47. The predicted molar refractivity (Wildman–Crippen MR) is 99.3 cm³/mol. The van der Waals surface area contributed by atoms with Crippen molar-refractivity contribution in [2.24, 2.45) is 5.92 Å². The number of amides is 1. The van der Waals surface area contributed by atoms with Crippen molar-refractivity contribution in [3.05, 3.63) is 48.4 Å². The van der Waals surface area contributed by atoms with Crippen LogP contribution < -0.4 is 5.32 Å². The van der Waals surface area contributed by atoms with Crippen molar-refractivity contribution in [1.29, 1.82) is 0 Å². The zero-order valence-electron chi connectivity index (χ0n) is 14.8. The van der Waals surface area contributed by atoms with Crippen LogP contribution in [0.2, 0.25) is 0 Å². The van der Waals surface area contributed by atoms with Gasteiger partial charge in [0, 0.05) is 31.6 Å². The minimum absolute atomic E-state index is 0.137. The van der Waals surface area contributed by atoms with Crippen molar-refractivity contribution in [3.8, 4) is 0 Å². The molecular formula is C19H24N2O4S. The number of aryl methyl sites for hydroxylation is 1. The molecule has 0 spiro atoms. The first-order valence-electron chi connectivity index (χ1n) is 8.87. The first-order chi connectivity index (χ1) is 12.4. The Labute approximate surface area is 154 Å². The molecule has 140 valence electrons. The quantitative estimate of drug-likeness (QED) is 0.839. The Balaban J connectivity index is 1.59. The van der Waals surface area contributed by atoms with Gasteiger partial charge < -0.3 is 9.73 Å². The Hall–Kier alpha value is -2.12. The molecule has 0 bridgehead atoms. The van der Waals surface area contributed by atoms with Gasteiger partial charge in [0.05, 0.1) is 11.2 Å². The van der Waals surface area contributed by atoms with Crippen LogP contribution in [0.1, 0.15) is 31.9 Å². The Morgan fingerprint density at radius 2 is 2.04 bits per heavy atom. The molecule has 2 aromatic rings. The number of nitrogens with one attached hydrogen (secondary N) is 1. The molecule has 6 nitrogen and oxygen atoms in total. The van der Waals surface area contributed by atoms with Crippen molar-refractivity contribution in [2.45, 2.75) is 37.5 Å². The first kappa shape index (κ1) is 18.7. The maximum atomic E-state index is 12.7. The van der Waals surface area contributed by atoms with Gasteiger partial charge in [-0.25, -0.2) is 8.42 Å². The Kier molecular flexibility index (Phi) is 5.78. The number of anilines is 1. The number of nitrogens with zero attached hydrogens (tertiary/aromatic N) is 1. The number of piperidine rings is 1. The summed E-state index contributed by atoms with van der Waals surface area (Å²) in [6.07, 6.45) is 4.37. The van der Waals surface area contributed by atoms with E-state index in [1.807, 2.05) is 6.07 Å². The van der Waals surface area contributed by atoms with Crippen LogP contribution in [0.5, 0.6) is 0 Å². The Morgan fingerprint density at radius 3 is 2.69 bits per heavy atom. The third kappa shape index (κ3) is 4.53. The fraction of sp³-hybridized carbons (Fsp3) is 0.421. The molecule has 26 heavy (non-hydrogen) atoms. The van der Waals surface area contributed by atoms with Gasteiger partial charge in [-0.15, -0.1) is 0 Å². The molecule has 0 aliphatic carbocycles. The van der Waals surface area contributed by atoms with Crippen LogP contribution in [-0.4, -0.2) is 31.7 Å². The van der Waals surface area contributed by atoms with Crippen LogP contribution in [0.15, 0.2) is 52.0 Å². The highest BCUT2D eigenvalue weighted by molar-refractivity contribution is 7.89. The first-order valence-corrected chi connectivity index (χ1v) is 10.3. The summed E-state index contributed by atoms with van der Waals surface area (Å²) in [5, 5.41) is 2.78. The second-order valence-corrected chi connectivity index (χ2v) is 8.70. The number of benzene rings is 1. The molecule has 1 aliphatic rings. The van der Waals surface area contributed by atoms with E-state index in [1.54, 1.807) is 40.9 Å². The van der Waals surface area contributed by atoms with Gasteiger partial charge in [0.15, 0.2) is 0 Å². The SMILES string of the molecule is CC1CCCN(S(=O)(=O)c2ccc(NC(=O)CCc3ccco3)cc2)C1. The molecule has 1 aromatic heterocycles. The van der Waals surface area contributed by atoms with E-state index < -0.39 is 10.0 Å². The van der Waals surface area contributed by atoms with E-state index in [4.69, 9.17) is 4.42 Å². The van der Waals surface area contributed by atoms with E-state index in [0.29, 0.717) is 37.5 Å². The van der Waals surface area contributed by atoms with E-state index in [2.05, 4.69) is 12.2 Å². The van der Waals surface area contributed by atoms with Crippen molar-refractivity contribution in [1.82, 2.24) is 4.31 Å². The fourth-order valence-electron chi connectivity index (χ4n) is 3.14. The number of hydrogen-bond donors (Lipinski definition) is 1. The fourth-order valence-corrected chi connectivity index (χ4v) is 4.74. The Morgan fingerprint density at radius 1 is 1.27 bits per heavy atom. The van der Waals surface area contributed by atoms with Crippen LogP contribution in [-0.2, 0) is 21.2 Å². The van der Waals surface area contributed by atoms with Crippen molar-refractivity contribution >= 4 is 21.6 Å². The maximum Gasteiger partial charge on any atom is 0.243 e. The molecule has 0 radical (unpaired) electrons. The Bertz CT molecular complexity index is 829. The predicted octanol–water partition coefficient (Wildman–Crippen LogP) is 3.27. The van der Waals surface area contributed by atoms with E-state index in [0.717, 1.165) is 18.6 Å². The lowest BCUT2D eigenvalue weighted by molar-refractivity contribution is -0.116. The molecule has 2 heterocycles. The molecule has 1 N–H and O–H groups in total. The molecule has 1 saturated heterocycles. The van der Waals surface area contributed by atoms with Gasteiger partial charge >= 0.3 is 0 Å². The van der Waals surface area contributed by atoms with Crippen LogP contribution in [0.4, 0.5) is 5.69 Å². The third-order valence-corrected chi connectivity index (χ3v) is 6.45. The topological polar surface area (TPSA) is 79.6 Å². The summed E-state index contributed by atoms with van der Waals surface area (Å²) in [7, 11) is -3.47. The normalized spacial score (nSPS) is 18.6. The second-order valence-electron chi connectivity index (χ2n) is 6.76. The van der Waals surface area contributed by atoms with E-state index in [1.165, 1.54) is 0 Å². The van der Waals surface area contributed by atoms with E-state index in [9.17, 15) is 13.2 Å². The van der Waals surface area contributed by atoms with Gasteiger partial charge in [-0.2, -0.15) is 4.31 Å². The zero-order valence-corrected chi connectivity index (χ0v) is 15.7. The highest BCUT2D eigenvalue weighted by Crippen LogP contribution is 2.24. The lowest BCUT2D eigenvalue weighted by Gasteiger charge is -2.30. The highest BCUT2D eigenvalue weighted by Gasteiger charge is 2.28. The zero-order chi connectivity index (χ0) is 18.6. The molecule has 0 saturated carbocycles. The summed E-state index contributed by atoms with van der Waals surface area (Å²) in [6, 6.07) is 9.98. The number of carbonyl (C=O) groups excluding carboxylic acids is 1. The van der Waals surface area contributed by atoms with Crippen LogP contribution in [0.25, 0.3) is 0 Å². The summed E-state index contributed by atoms with van der Waals surface area (Å²) in [5.74, 6) is 1.01. The van der Waals surface area contributed by atoms with Gasteiger partial charge in [0.2, 0.25) is 15.9 Å². The molecule has 1 unspecified atom stereocenters. The smallest absolute Gasteiger partial charge is 0.243 e. The summed E-state index contributed by atoms with van der Waals surface area (Å²) in [4.78, 5) is 12.3. The van der Waals surface area contributed by atoms with Gasteiger partial charge in [-0.1, -0.05) is 6.92 Å².